The van der Waals surface area contributed by atoms with Crippen molar-refractivity contribution in [1.82, 2.24) is 9.80 Å². The Bertz CT molecular complexity index is 1500. The van der Waals surface area contributed by atoms with Crippen molar-refractivity contribution in [2.75, 3.05) is 58.7 Å². The minimum atomic E-state index is -0.371. The molecule has 0 unspecified atom stereocenters. The maximum atomic E-state index is 12.7. The van der Waals surface area contributed by atoms with Gasteiger partial charge in [0.15, 0.2) is 0 Å². The van der Waals surface area contributed by atoms with E-state index in [1.165, 1.54) is 62.7 Å². The highest BCUT2D eigenvalue weighted by Gasteiger charge is 2.35. The van der Waals surface area contributed by atoms with E-state index in [4.69, 9.17) is 4.74 Å². The summed E-state index contributed by atoms with van der Waals surface area (Å²) < 4.78 is 6.73. The molecule has 0 bridgehead atoms. The Labute approximate surface area is 299 Å². The van der Waals surface area contributed by atoms with Gasteiger partial charge < -0.3 is 14.1 Å². The van der Waals surface area contributed by atoms with Gasteiger partial charge in [-0.25, -0.2) is 4.79 Å². The fourth-order valence-electron chi connectivity index (χ4n) is 7.33. The quantitative estimate of drug-likeness (QED) is 0.0779. The van der Waals surface area contributed by atoms with E-state index in [-0.39, 0.29) is 24.0 Å². The number of amides is 3. The number of anilines is 1. The lowest BCUT2D eigenvalue weighted by molar-refractivity contribution is -0.890. The average Bonchev–Trinajstić information content (AvgIpc) is 3.36. The van der Waals surface area contributed by atoms with Crippen LogP contribution in [-0.2, 0) is 4.74 Å². The highest BCUT2D eigenvalue weighted by atomic mass is 16.6. The maximum absolute atomic E-state index is 12.7. The summed E-state index contributed by atoms with van der Waals surface area (Å²) >= 11 is 0. The minimum absolute atomic E-state index is 0.0298. The van der Waals surface area contributed by atoms with Crippen molar-refractivity contribution in [1.29, 1.82) is 0 Å². The van der Waals surface area contributed by atoms with Gasteiger partial charge in [0, 0.05) is 31.6 Å². The zero-order chi connectivity index (χ0) is 35.2. The van der Waals surface area contributed by atoms with Gasteiger partial charge in [-0.3, -0.25) is 19.8 Å². The average molecular weight is 682 g/mol. The summed E-state index contributed by atoms with van der Waals surface area (Å²) in [7, 11) is 4.51. The van der Waals surface area contributed by atoms with Gasteiger partial charge in [0.25, 0.3) is 11.8 Å². The van der Waals surface area contributed by atoms with Crippen LogP contribution in [0.2, 0.25) is 0 Å². The van der Waals surface area contributed by atoms with Gasteiger partial charge in [-0.1, -0.05) is 99.2 Å². The second kappa shape index (κ2) is 18.8. The number of piperidine rings is 1. The Balaban J connectivity index is 0.834. The summed E-state index contributed by atoms with van der Waals surface area (Å²) in [5.41, 5.74) is 3.90. The monoisotopic (exact) mass is 681 g/mol. The third-order valence-electron chi connectivity index (χ3n) is 10.3. The molecule has 2 aliphatic heterocycles. The molecule has 5 rings (SSSR count). The molecule has 2 heterocycles. The lowest BCUT2D eigenvalue weighted by Crippen LogP contribution is -2.43. The van der Waals surface area contributed by atoms with E-state index in [1.54, 1.807) is 12.1 Å². The SMILES string of the molecule is C[N+](C)(CCCCCCCCCCCN1CCC(OC(=O)Nc2ccccc2-c2ccccc2)CC1)CCCN1C(=O)c2ccccc2C1=O. The highest BCUT2D eigenvalue weighted by molar-refractivity contribution is 6.21. The molecule has 1 fully saturated rings. The number of imide groups is 1. The normalized spacial score (nSPS) is 15.4. The molecule has 0 saturated carbocycles. The molecule has 268 valence electrons. The smallest absolute Gasteiger partial charge is 0.411 e. The van der Waals surface area contributed by atoms with Crippen LogP contribution in [0.25, 0.3) is 11.1 Å². The minimum Gasteiger partial charge on any atom is -0.446 e. The molecule has 0 spiro atoms. The Morgan fingerprint density at radius 2 is 1.18 bits per heavy atom. The Kier molecular flexibility index (Phi) is 14.0. The Hall–Kier alpha value is -4.01. The second-order valence-electron chi connectivity index (χ2n) is 14.7. The number of ether oxygens (including phenoxy) is 1. The van der Waals surface area contributed by atoms with E-state index in [2.05, 4.69) is 24.3 Å². The molecule has 3 aromatic carbocycles. The molecule has 2 aliphatic rings. The van der Waals surface area contributed by atoms with Gasteiger partial charge in [0.05, 0.1) is 44.0 Å². The molecule has 0 atom stereocenters. The number of unbranched alkanes of at least 4 members (excludes halogenated alkanes) is 8. The van der Waals surface area contributed by atoms with E-state index >= 15 is 0 Å². The van der Waals surface area contributed by atoms with Crippen LogP contribution in [-0.4, -0.2) is 91.7 Å². The van der Waals surface area contributed by atoms with Gasteiger partial charge in [-0.05, 0) is 62.4 Å². The van der Waals surface area contributed by atoms with Crippen LogP contribution in [0.5, 0.6) is 0 Å². The molecule has 3 aromatic rings. The Morgan fingerprint density at radius 1 is 0.660 bits per heavy atom. The molecule has 1 N–H and O–H groups in total. The lowest BCUT2D eigenvalue weighted by atomic mass is 10.0. The van der Waals surface area contributed by atoms with Gasteiger partial charge in [0.2, 0.25) is 0 Å². The number of carbonyl (C=O) groups is 3. The third-order valence-corrected chi connectivity index (χ3v) is 10.3. The van der Waals surface area contributed by atoms with Crippen LogP contribution in [0.1, 0.15) is 97.8 Å². The summed E-state index contributed by atoms with van der Waals surface area (Å²) in [5.74, 6) is -0.299. The predicted molar refractivity (Wildman–Crippen MR) is 201 cm³/mol. The van der Waals surface area contributed by atoms with Crippen LogP contribution in [0, 0.1) is 0 Å². The lowest BCUT2D eigenvalue weighted by Gasteiger charge is -2.31. The fourth-order valence-corrected chi connectivity index (χ4v) is 7.33. The summed E-state index contributed by atoms with van der Waals surface area (Å²) in [6.07, 6.45) is 13.8. The standard InChI is InChI=1S/C42H56N4O4/c1-46(2,33-19-29-45-40(47)37-23-13-14-24-38(37)41(45)48)32-18-9-7-5-3-4-6-8-17-28-44-30-26-35(27-31-44)50-42(49)43-39-25-16-15-22-36(39)34-20-11-10-12-21-34/h10-16,20-25,35H,3-9,17-19,26-33H2,1-2H3/p+1. The predicted octanol–water partition coefficient (Wildman–Crippen LogP) is 8.64. The van der Waals surface area contributed by atoms with E-state index in [1.807, 2.05) is 66.7 Å². The number of benzene rings is 3. The van der Waals surface area contributed by atoms with Gasteiger partial charge in [-0.15, -0.1) is 0 Å². The van der Waals surface area contributed by atoms with Crippen molar-refractivity contribution in [2.24, 2.45) is 0 Å². The van der Waals surface area contributed by atoms with Crippen LogP contribution in [0.4, 0.5) is 10.5 Å². The molecule has 3 amide bonds. The highest BCUT2D eigenvalue weighted by Crippen LogP contribution is 2.28. The van der Waals surface area contributed by atoms with Crippen LogP contribution in [0.15, 0.2) is 78.9 Å². The third kappa shape index (κ3) is 11.0. The van der Waals surface area contributed by atoms with Gasteiger partial charge in [0.1, 0.15) is 6.10 Å². The number of likely N-dealkylation sites (tertiary alicyclic amines) is 1. The number of nitrogens with one attached hydrogen (secondary N) is 1. The first-order valence-corrected chi connectivity index (χ1v) is 18.9. The van der Waals surface area contributed by atoms with E-state index in [0.717, 1.165) is 73.3 Å². The van der Waals surface area contributed by atoms with Gasteiger partial charge >= 0.3 is 6.09 Å². The summed E-state index contributed by atoms with van der Waals surface area (Å²) in [6.45, 7) is 5.69. The largest absolute Gasteiger partial charge is 0.446 e. The van der Waals surface area contributed by atoms with Crippen molar-refractivity contribution in [2.45, 2.75) is 83.2 Å². The van der Waals surface area contributed by atoms with Crippen LogP contribution < -0.4 is 5.32 Å². The number of hydrogen-bond acceptors (Lipinski definition) is 5. The number of quaternary nitrogens is 1. The number of fused-ring (bicyclic) bond motifs is 1. The van der Waals surface area contributed by atoms with E-state index < -0.39 is 0 Å². The molecule has 0 aromatic heterocycles. The van der Waals surface area contributed by atoms with Crippen LogP contribution >= 0.6 is 0 Å². The van der Waals surface area contributed by atoms with Gasteiger partial charge in [-0.2, -0.15) is 0 Å². The molecular weight excluding hydrogens is 624 g/mol. The number of carbonyl (C=O) groups excluding carboxylic acids is 3. The van der Waals surface area contributed by atoms with Crippen molar-refractivity contribution < 1.29 is 23.6 Å². The molecular formula is C42H57N4O4+. The Morgan fingerprint density at radius 3 is 1.82 bits per heavy atom. The number of rotatable bonds is 19. The molecule has 0 radical (unpaired) electrons. The first-order valence-electron chi connectivity index (χ1n) is 18.9. The maximum Gasteiger partial charge on any atom is 0.411 e. The van der Waals surface area contributed by atoms with Crippen molar-refractivity contribution in [3.63, 3.8) is 0 Å². The summed E-state index contributed by atoms with van der Waals surface area (Å²) in [5, 5.41) is 2.97. The first-order chi connectivity index (χ1) is 24.3. The topological polar surface area (TPSA) is 79.0 Å². The van der Waals surface area contributed by atoms with E-state index in [0.29, 0.717) is 17.7 Å². The van der Waals surface area contributed by atoms with Crippen molar-refractivity contribution in [3.8, 4) is 11.1 Å². The molecule has 8 heteroatoms. The van der Waals surface area contributed by atoms with Crippen LogP contribution in [0.3, 0.4) is 0 Å². The fraction of sp³-hybridized carbons (Fsp3) is 0.500. The van der Waals surface area contributed by atoms with Crippen molar-refractivity contribution in [3.05, 3.63) is 90.0 Å². The summed E-state index contributed by atoms with van der Waals surface area (Å²) in [6, 6.07) is 25.1. The molecule has 50 heavy (non-hydrogen) atoms. The number of hydrogen-bond donors (Lipinski definition) is 1. The number of nitrogens with zero attached hydrogens (tertiary/aromatic N) is 3. The van der Waals surface area contributed by atoms with E-state index in [9.17, 15) is 14.4 Å². The first kappa shape index (κ1) is 37.3. The zero-order valence-electron chi connectivity index (χ0n) is 30.3. The second-order valence-corrected chi connectivity index (χ2v) is 14.7. The molecule has 0 aliphatic carbocycles. The molecule has 8 nitrogen and oxygen atoms in total. The van der Waals surface area contributed by atoms with Crippen molar-refractivity contribution >= 4 is 23.6 Å². The zero-order valence-corrected chi connectivity index (χ0v) is 30.3. The number of para-hydroxylation sites is 1. The molecule has 1 saturated heterocycles. The summed E-state index contributed by atoms with van der Waals surface area (Å²) in [4.78, 5) is 41.8.